The molecule has 4 heterocycles. The highest BCUT2D eigenvalue weighted by Gasteiger charge is 2.48. The molecule has 1 aromatic heterocycles. The normalized spacial score (nSPS) is 21.0. The van der Waals surface area contributed by atoms with Gasteiger partial charge in [-0.05, 0) is 44.5 Å². The summed E-state index contributed by atoms with van der Waals surface area (Å²) in [5, 5.41) is 8.51. The van der Waals surface area contributed by atoms with Crippen LogP contribution in [0.1, 0.15) is 32.2 Å². The van der Waals surface area contributed by atoms with Crippen LogP contribution in [0.4, 0.5) is 5.69 Å². The summed E-state index contributed by atoms with van der Waals surface area (Å²) in [4.78, 5) is 17.1. The van der Waals surface area contributed by atoms with Gasteiger partial charge in [-0.3, -0.25) is 4.79 Å². The zero-order valence-electron chi connectivity index (χ0n) is 17.1. The molecule has 7 heteroatoms. The number of nitrogens with zero attached hydrogens (tertiary/aromatic N) is 4. The number of rotatable bonds is 3. The SMILES string of the molecule is CC1=CC(c2nnc(-c3ccc4c(c3)N(C3COC3)C(=O)C4(C)C)o2)=CCN1C. The zero-order valence-corrected chi connectivity index (χ0v) is 17.1. The van der Waals surface area contributed by atoms with Gasteiger partial charge in [-0.1, -0.05) is 12.1 Å². The standard InChI is InChI=1S/C22H24N4O3/c1-13-9-15(7-8-25(13)4)20-24-23-19(29-20)14-5-6-17-18(10-14)26(16-11-28-12-16)21(27)22(17,2)3/h5-7,9-10,16H,8,11-12H2,1-4H3. The number of likely N-dealkylation sites (N-methyl/N-ethyl adjacent to an activating group) is 1. The first-order valence-corrected chi connectivity index (χ1v) is 9.86. The Bertz CT molecular complexity index is 1060. The van der Waals surface area contributed by atoms with Gasteiger partial charge in [0.1, 0.15) is 0 Å². The molecule has 0 N–H and O–H groups in total. The number of carbonyl (C=O) groups excluding carboxylic acids is 1. The van der Waals surface area contributed by atoms with Crippen molar-refractivity contribution in [1.82, 2.24) is 15.1 Å². The highest BCUT2D eigenvalue weighted by molar-refractivity contribution is 6.08. The molecule has 3 aliphatic heterocycles. The minimum atomic E-state index is -0.551. The topological polar surface area (TPSA) is 71.7 Å². The fourth-order valence-corrected chi connectivity index (χ4v) is 4.03. The van der Waals surface area contributed by atoms with Crippen LogP contribution in [0.5, 0.6) is 0 Å². The third-order valence-electron chi connectivity index (χ3n) is 6.14. The van der Waals surface area contributed by atoms with Crippen LogP contribution in [0.3, 0.4) is 0 Å². The number of amides is 1. The lowest BCUT2D eigenvalue weighted by atomic mass is 9.86. The van der Waals surface area contributed by atoms with E-state index in [1.54, 1.807) is 0 Å². The minimum Gasteiger partial charge on any atom is -0.416 e. The van der Waals surface area contributed by atoms with Gasteiger partial charge in [-0.15, -0.1) is 10.2 Å². The molecule has 1 fully saturated rings. The van der Waals surface area contributed by atoms with Crippen LogP contribution < -0.4 is 4.90 Å². The molecule has 0 unspecified atom stereocenters. The number of allylic oxidation sites excluding steroid dienone is 3. The smallest absolute Gasteiger partial charge is 0.248 e. The predicted molar refractivity (Wildman–Crippen MR) is 109 cm³/mol. The van der Waals surface area contributed by atoms with Gasteiger partial charge < -0.3 is 19.0 Å². The van der Waals surface area contributed by atoms with Crippen molar-refractivity contribution in [2.75, 3.05) is 31.7 Å². The number of ether oxygens (including phenoxy) is 1. The van der Waals surface area contributed by atoms with Crippen molar-refractivity contribution in [2.24, 2.45) is 0 Å². The first-order chi connectivity index (χ1) is 13.9. The molecule has 29 heavy (non-hydrogen) atoms. The van der Waals surface area contributed by atoms with Crippen LogP contribution in [0, 0.1) is 0 Å². The van der Waals surface area contributed by atoms with E-state index in [1.807, 2.05) is 50.1 Å². The van der Waals surface area contributed by atoms with Crippen molar-refractivity contribution >= 4 is 17.2 Å². The van der Waals surface area contributed by atoms with E-state index in [0.717, 1.165) is 34.6 Å². The third kappa shape index (κ3) is 2.72. The third-order valence-corrected chi connectivity index (χ3v) is 6.14. The van der Waals surface area contributed by atoms with Gasteiger partial charge in [-0.25, -0.2) is 0 Å². The van der Waals surface area contributed by atoms with E-state index in [4.69, 9.17) is 9.15 Å². The number of fused-ring (bicyclic) bond motifs is 1. The number of anilines is 1. The fraction of sp³-hybridized carbons (Fsp3) is 0.409. The lowest BCUT2D eigenvalue weighted by molar-refractivity contribution is -0.124. The molecular formula is C22H24N4O3. The Balaban J connectivity index is 1.51. The molecule has 5 rings (SSSR count). The first kappa shape index (κ1) is 18.1. The van der Waals surface area contributed by atoms with Crippen LogP contribution in [0.25, 0.3) is 17.0 Å². The summed E-state index contributed by atoms with van der Waals surface area (Å²) in [7, 11) is 2.05. The molecule has 0 aliphatic carbocycles. The van der Waals surface area contributed by atoms with Crippen molar-refractivity contribution in [2.45, 2.75) is 32.2 Å². The Morgan fingerprint density at radius 2 is 1.93 bits per heavy atom. The lowest BCUT2D eigenvalue weighted by Crippen LogP contribution is -2.52. The Morgan fingerprint density at radius 1 is 1.17 bits per heavy atom. The van der Waals surface area contributed by atoms with Gasteiger partial charge in [0, 0.05) is 36.1 Å². The maximum atomic E-state index is 13.0. The first-order valence-electron chi connectivity index (χ1n) is 9.86. The molecule has 0 saturated carbocycles. The van der Waals surface area contributed by atoms with Gasteiger partial charge >= 0.3 is 0 Å². The maximum absolute atomic E-state index is 13.0. The van der Waals surface area contributed by atoms with Crippen LogP contribution in [0.2, 0.25) is 0 Å². The Kier molecular flexibility index (Phi) is 3.93. The number of benzene rings is 1. The van der Waals surface area contributed by atoms with Crippen LogP contribution in [0.15, 0.2) is 40.5 Å². The van der Waals surface area contributed by atoms with E-state index in [1.165, 1.54) is 0 Å². The van der Waals surface area contributed by atoms with Gasteiger partial charge in [0.05, 0.1) is 24.7 Å². The second-order valence-corrected chi connectivity index (χ2v) is 8.46. The molecule has 2 aromatic rings. The van der Waals surface area contributed by atoms with Crippen molar-refractivity contribution in [1.29, 1.82) is 0 Å². The monoisotopic (exact) mass is 392 g/mol. The molecule has 0 spiro atoms. The number of hydrogen-bond donors (Lipinski definition) is 0. The molecule has 0 bridgehead atoms. The molecule has 7 nitrogen and oxygen atoms in total. The average molecular weight is 392 g/mol. The second kappa shape index (κ2) is 6.29. The van der Waals surface area contributed by atoms with E-state index in [9.17, 15) is 4.79 Å². The van der Waals surface area contributed by atoms with Crippen molar-refractivity contribution in [3.05, 3.63) is 47.5 Å². The maximum Gasteiger partial charge on any atom is 0.248 e. The quantitative estimate of drug-likeness (QED) is 0.800. The van der Waals surface area contributed by atoms with Crippen molar-refractivity contribution < 1.29 is 13.9 Å². The highest BCUT2D eigenvalue weighted by Crippen LogP contribution is 2.45. The Labute approximate surface area is 169 Å². The van der Waals surface area contributed by atoms with Crippen molar-refractivity contribution in [3.8, 4) is 11.5 Å². The summed E-state index contributed by atoms with van der Waals surface area (Å²) in [5.41, 5.74) is 4.29. The Hall–Kier alpha value is -2.93. The average Bonchev–Trinajstić information content (AvgIpc) is 3.21. The molecule has 1 aromatic carbocycles. The number of aromatic nitrogens is 2. The van der Waals surface area contributed by atoms with E-state index >= 15 is 0 Å². The molecule has 1 amide bonds. The van der Waals surface area contributed by atoms with Crippen LogP contribution in [-0.2, 0) is 14.9 Å². The van der Waals surface area contributed by atoms with Gasteiger partial charge in [0.15, 0.2) is 0 Å². The molecule has 1 saturated heterocycles. The fourth-order valence-electron chi connectivity index (χ4n) is 4.03. The molecular weight excluding hydrogens is 368 g/mol. The minimum absolute atomic E-state index is 0.0917. The number of hydrogen-bond acceptors (Lipinski definition) is 6. The van der Waals surface area contributed by atoms with Gasteiger partial charge in [-0.2, -0.15) is 0 Å². The summed E-state index contributed by atoms with van der Waals surface area (Å²) >= 11 is 0. The van der Waals surface area contributed by atoms with E-state index in [-0.39, 0.29) is 11.9 Å². The summed E-state index contributed by atoms with van der Waals surface area (Å²) in [6.07, 6.45) is 4.12. The summed E-state index contributed by atoms with van der Waals surface area (Å²) in [6, 6.07) is 6.04. The largest absolute Gasteiger partial charge is 0.416 e. The molecule has 0 radical (unpaired) electrons. The second-order valence-electron chi connectivity index (χ2n) is 8.46. The zero-order chi connectivity index (χ0) is 20.3. The van der Waals surface area contributed by atoms with Crippen LogP contribution >= 0.6 is 0 Å². The highest BCUT2D eigenvalue weighted by atomic mass is 16.5. The van der Waals surface area contributed by atoms with Crippen LogP contribution in [-0.4, -0.2) is 53.9 Å². The molecule has 150 valence electrons. The van der Waals surface area contributed by atoms with E-state index < -0.39 is 5.41 Å². The van der Waals surface area contributed by atoms with Crippen molar-refractivity contribution in [3.63, 3.8) is 0 Å². The summed E-state index contributed by atoms with van der Waals surface area (Å²) < 4.78 is 11.3. The molecule has 0 atom stereocenters. The molecule has 3 aliphatic rings. The summed E-state index contributed by atoms with van der Waals surface area (Å²) in [6.45, 7) is 7.96. The number of carbonyl (C=O) groups is 1. The predicted octanol–water partition coefficient (Wildman–Crippen LogP) is 2.99. The van der Waals surface area contributed by atoms with E-state index in [0.29, 0.717) is 25.0 Å². The van der Waals surface area contributed by atoms with E-state index in [2.05, 4.69) is 28.1 Å². The Morgan fingerprint density at radius 3 is 2.62 bits per heavy atom. The lowest BCUT2D eigenvalue weighted by Gasteiger charge is -2.35. The summed E-state index contributed by atoms with van der Waals surface area (Å²) in [5.74, 6) is 1.07. The van der Waals surface area contributed by atoms with Gasteiger partial charge in [0.2, 0.25) is 17.7 Å². The van der Waals surface area contributed by atoms with Gasteiger partial charge in [0.25, 0.3) is 0 Å².